The van der Waals surface area contributed by atoms with Crippen LogP contribution in [-0.2, 0) is 16.1 Å². The lowest BCUT2D eigenvalue weighted by Gasteiger charge is -2.03. The zero-order valence-corrected chi connectivity index (χ0v) is 12.0. The number of hydrogen-bond acceptors (Lipinski definition) is 4. The summed E-state index contributed by atoms with van der Waals surface area (Å²) in [6.45, 7) is 0.0642. The van der Waals surface area contributed by atoms with Crippen molar-refractivity contribution in [3.05, 3.63) is 64.0 Å². The Morgan fingerprint density at radius 3 is 2.85 bits per heavy atom. The van der Waals surface area contributed by atoms with Crippen molar-refractivity contribution in [2.45, 2.75) is 6.61 Å². The number of carbonyl (C=O) groups is 1. The highest BCUT2D eigenvalue weighted by atomic mass is 79.9. The van der Waals surface area contributed by atoms with E-state index in [-0.39, 0.29) is 6.61 Å². The first kappa shape index (κ1) is 14.1. The Morgan fingerprint density at radius 1 is 1.35 bits per heavy atom. The van der Waals surface area contributed by atoms with Gasteiger partial charge in [0, 0.05) is 11.6 Å². The van der Waals surface area contributed by atoms with E-state index in [4.69, 9.17) is 14.4 Å². The first-order chi connectivity index (χ1) is 9.69. The fourth-order valence-electron chi connectivity index (χ4n) is 1.52. The predicted octanol–water partition coefficient (Wildman–Crippen LogP) is 3.67. The maximum absolute atomic E-state index is 11.6. The largest absolute Gasteiger partial charge is 0.458 e. The minimum atomic E-state index is -0.495. The predicted molar refractivity (Wildman–Crippen MR) is 76.4 cm³/mol. The standard InChI is InChI=1S/C15H10BrNO3/c16-14-7-5-13(20-14)6-8-15(18)19-10-12-4-2-1-3-11(12)9-17/h1-8H,10H2/b8-6+. The molecular formula is C15H10BrNO3. The van der Waals surface area contributed by atoms with Crippen molar-refractivity contribution >= 4 is 28.0 Å². The van der Waals surface area contributed by atoms with E-state index in [1.807, 2.05) is 0 Å². The molecular weight excluding hydrogens is 322 g/mol. The lowest BCUT2D eigenvalue weighted by atomic mass is 10.1. The molecule has 1 aromatic carbocycles. The monoisotopic (exact) mass is 331 g/mol. The number of ether oxygens (including phenoxy) is 1. The lowest BCUT2D eigenvalue weighted by Crippen LogP contribution is -2.02. The molecule has 2 aromatic rings. The van der Waals surface area contributed by atoms with Crippen LogP contribution in [0, 0.1) is 11.3 Å². The van der Waals surface area contributed by atoms with Crippen molar-refractivity contribution in [2.24, 2.45) is 0 Å². The van der Waals surface area contributed by atoms with E-state index >= 15 is 0 Å². The summed E-state index contributed by atoms with van der Waals surface area (Å²) in [5.74, 6) is 0.0523. The van der Waals surface area contributed by atoms with Crippen molar-refractivity contribution in [1.82, 2.24) is 0 Å². The molecule has 4 nitrogen and oxygen atoms in total. The Hall–Kier alpha value is -2.32. The topological polar surface area (TPSA) is 63.2 Å². The molecule has 0 bridgehead atoms. The molecule has 0 unspecified atom stereocenters. The van der Waals surface area contributed by atoms with Crippen LogP contribution in [0.3, 0.4) is 0 Å². The SMILES string of the molecule is N#Cc1ccccc1COC(=O)/C=C/c1ccc(Br)o1. The van der Waals surface area contributed by atoms with Crippen molar-refractivity contribution in [3.8, 4) is 6.07 Å². The van der Waals surface area contributed by atoms with Gasteiger partial charge in [-0.05, 0) is 40.2 Å². The van der Waals surface area contributed by atoms with Crippen LogP contribution in [0.4, 0.5) is 0 Å². The van der Waals surface area contributed by atoms with Gasteiger partial charge in [0.2, 0.25) is 0 Å². The molecule has 1 aromatic heterocycles. The van der Waals surface area contributed by atoms with Gasteiger partial charge in [-0.15, -0.1) is 0 Å². The number of halogens is 1. The zero-order chi connectivity index (χ0) is 14.4. The highest BCUT2D eigenvalue weighted by Gasteiger charge is 2.04. The molecule has 0 saturated carbocycles. The molecule has 0 fully saturated rings. The van der Waals surface area contributed by atoms with Crippen LogP contribution < -0.4 is 0 Å². The second-order valence-electron chi connectivity index (χ2n) is 3.85. The van der Waals surface area contributed by atoms with Crippen LogP contribution in [-0.4, -0.2) is 5.97 Å². The molecule has 0 radical (unpaired) electrons. The molecule has 0 aliphatic heterocycles. The molecule has 0 spiro atoms. The van der Waals surface area contributed by atoms with Gasteiger partial charge in [-0.2, -0.15) is 5.26 Å². The van der Waals surface area contributed by atoms with Crippen LogP contribution in [0.5, 0.6) is 0 Å². The summed E-state index contributed by atoms with van der Waals surface area (Å²) in [4.78, 5) is 11.6. The van der Waals surface area contributed by atoms with Crippen molar-refractivity contribution in [3.63, 3.8) is 0 Å². The van der Waals surface area contributed by atoms with Gasteiger partial charge in [0.25, 0.3) is 0 Å². The minimum Gasteiger partial charge on any atom is -0.458 e. The van der Waals surface area contributed by atoms with Crippen molar-refractivity contribution in [2.75, 3.05) is 0 Å². The van der Waals surface area contributed by atoms with Crippen LogP contribution in [0.15, 0.2) is 51.6 Å². The maximum Gasteiger partial charge on any atom is 0.331 e. The molecule has 100 valence electrons. The summed E-state index contributed by atoms with van der Waals surface area (Å²) < 4.78 is 10.9. The van der Waals surface area contributed by atoms with Crippen LogP contribution in [0.25, 0.3) is 6.08 Å². The molecule has 0 aliphatic carbocycles. The van der Waals surface area contributed by atoms with E-state index in [1.54, 1.807) is 36.4 Å². The summed E-state index contributed by atoms with van der Waals surface area (Å²) in [5.41, 5.74) is 1.18. The Kier molecular flexibility index (Phi) is 4.75. The highest BCUT2D eigenvalue weighted by Crippen LogP contribution is 2.15. The normalized spacial score (nSPS) is 10.4. The van der Waals surface area contributed by atoms with Gasteiger partial charge in [0.05, 0.1) is 11.6 Å². The summed E-state index contributed by atoms with van der Waals surface area (Å²) in [5, 5.41) is 8.92. The summed E-state index contributed by atoms with van der Waals surface area (Å²) in [6, 6.07) is 12.5. The number of furan rings is 1. The third-order valence-corrected chi connectivity index (χ3v) is 2.91. The fourth-order valence-corrected chi connectivity index (χ4v) is 1.84. The Morgan fingerprint density at radius 2 is 2.15 bits per heavy atom. The van der Waals surface area contributed by atoms with Gasteiger partial charge in [-0.3, -0.25) is 0 Å². The van der Waals surface area contributed by atoms with Gasteiger partial charge in [-0.25, -0.2) is 4.79 Å². The number of rotatable bonds is 4. The van der Waals surface area contributed by atoms with Gasteiger partial charge in [0.1, 0.15) is 12.4 Å². The number of esters is 1. The molecule has 5 heteroatoms. The number of nitriles is 1. The maximum atomic E-state index is 11.6. The summed E-state index contributed by atoms with van der Waals surface area (Å²) in [7, 11) is 0. The molecule has 0 atom stereocenters. The van der Waals surface area contributed by atoms with Crippen molar-refractivity contribution < 1.29 is 13.9 Å². The van der Waals surface area contributed by atoms with Gasteiger partial charge < -0.3 is 9.15 Å². The Balaban J connectivity index is 1.92. The molecule has 20 heavy (non-hydrogen) atoms. The number of nitrogens with zero attached hydrogens (tertiary/aromatic N) is 1. The van der Waals surface area contributed by atoms with Gasteiger partial charge >= 0.3 is 5.97 Å². The van der Waals surface area contributed by atoms with E-state index in [9.17, 15) is 4.79 Å². The molecule has 0 aliphatic rings. The van der Waals surface area contributed by atoms with Crippen LogP contribution in [0.1, 0.15) is 16.9 Å². The van der Waals surface area contributed by atoms with Gasteiger partial charge in [0.15, 0.2) is 4.67 Å². The van der Waals surface area contributed by atoms with E-state index < -0.39 is 5.97 Å². The Bertz CT molecular complexity index is 682. The first-order valence-electron chi connectivity index (χ1n) is 5.77. The third kappa shape index (κ3) is 3.84. The molecule has 0 saturated heterocycles. The third-order valence-electron chi connectivity index (χ3n) is 2.49. The van der Waals surface area contributed by atoms with Crippen molar-refractivity contribution in [1.29, 1.82) is 5.26 Å². The molecule has 0 N–H and O–H groups in total. The average Bonchev–Trinajstić information content (AvgIpc) is 2.89. The number of carbonyl (C=O) groups excluding carboxylic acids is 1. The minimum absolute atomic E-state index is 0.0642. The number of benzene rings is 1. The van der Waals surface area contributed by atoms with E-state index in [0.717, 1.165) is 0 Å². The summed E-state index contributed by atoms with van der Waals surface area (Å²) >= 11 is 3.17. The first-order valence-corrected chi connectivity index (χ1v) is 6.56. The van der Waals surface area contributed by atoms with E-state index in [2.05, 4.69) is 22.0 Å². The average molecular weight is 332 g/mol. The fraction of sp³-hybridized carbons (Fsp3) is 0.0667. The van der Waals surface area contributed by atoms with E-state index in [0.29, 0.717) is 21.6 Å². The smallest absolute Gasteiger partial charge is 0.331 e. The molecule has 1 heterocycles. The molecule has 2 rings (SSSR count). The number of hydrogen-bond donors (Lipinski definition) is 0. The quantitative estimate of drug-likeness (QED) is 0.633. The second kappa shape index (κ2) is 6.73. The highest BCUT2D eigenvalue weighted by molar-refractivity contribution is 9.10. The van der Waals surface area contributed by atoms with Gasteiger partial charge in [-0.1, -0.05) is 18.2 Å². The van der Waals surface area contributed by atoms with Crippen LogP contribution in [0.2, 0.25) is 0 Å². The lowest BCUT2D eigenvalue weighted by molar-refractivity contribution is -0.138. The summed E-state index contributed by atoms with van der Waals surface area (Å²) in [6.07, 6.45) is 2.80. The Labute approximate surface area is 124 Å². The second-order valence-corrected chi connectivity index (χ2v) is 4.63. The molecule has 0 amide bonds. The van der Waals surface area contributed by atoms with E-state index in [1.165, 1.54) is 12.2 Å². The zero-order valence-electron chi connectivity index (χ0n) is 10.4. The van der Waals surface area contributed by atoms with Crippen LogP contribution >= 0.6 is 15.9 Å².